The fraction of sp³-hybridized carbons (Fsp3) is 0.190. The van der Waals surface area contributed by atoms with E-state index in [1.54, 1.807) is 30.3 Å². The van der Waals surface area contributed by atoms with Crippen LogP contribution in [0.3, 0.4) is 0 Å². The van der Waals surface area contributed by atoms with E-state index in [-0.39, 0.29) is 16.6 Å². The number of hydrogen-bond donors (Lipinski definition) is 1. The molecule has 9 heteroatoms. The van der Waals surface area contributed by atoms with Gasteiger partial charge < -0.3 is 9.30 Å². The number of hydrogen-bond acceptors (Lipinski definition) is 5. The van der Waals surface area contributed by atoms with Crippen molar-refractivity contribution in [2.45, 2.75) is 18.8 Å². The number of fused-ring (bicyclic) bond motifs is 1. The number of aromatic nitrogens is 1. The number of carbonyl (C=O) groups is 1. The third-order valence-electron chi connectivity index (χ3n) is 4.67. The molecule has 0 bridgehead atoms. The molecule has 30 heavy (non-hydrogen) atoms. The SMILES string of the molecule is Cn1c(C#N)c(-c2ccccc2)c2cc(C(C)(N)OC(=O)C(F)(F)F)ccc2c1=O. The maximum absolute atomic E-state index is 12.7. The van der Waals surface area contributed by atoms with Crippen molar-refractivity contribution in [3.8, 4) is 17.2 Å². The van der Waals surface area contributed by atoms with E-state index >= 15 is 0 Å². The van der Waals surface area contributed by atoms with Gasteiger partial charge in [-0.3, -0.25) is 10.5 Å². The second kappa shape index (κ2) is 7.31. The lowest BCUT2D eigenvalue weighted by atomic mass is 9.93. The zero-order chi connectivity index (χ0) is 22.3. The zero-order valence-corrected chi connectivity index (χ0v) is 15.9. The number of halogens is 3. The Labute approximate surface area is 168 Å². The van der Waals surface area contributed by atoms with E-state index < -0.39 is 23.4 Å². The molecule has 0 aliphatic heterocycles. The first-order chi connectivity index (χ1) is 14.0. The maximum Gasteiger partial charge on any atom is 0.491 e. The van der Waals surface area contributed by atoms with Crippen molar-refractivity contribution >= 4 is 16.7 Å². The zero-order valence-electron chi connectivity index (χ0n) is 15.9. The van der Waals surface area contributed by atoms with Gasteiger partial charge >= 0.3 is 12.1 Å². The molecule has 0 aliphatic carbocycles. The summed E-state index contributed by atoms with van der Waals surface area (Å²) in [6.45, 7) is 1.10. The van der Waals surface area contributed by atoms with Crippen LogP contribution in [0, 0.1) is 11.3 Å². The van der Waals surface area contributed by atoms with E-state index in [2.05, 4.69) is 4.74 Å². The summed E-state index contributed by atoms with van der Waals surface area (Å²) in [5.74, 6) is -2.43. The highest BCUT2D eigenvalue weighted by molar-refractivity contribution is 5.98. The van der Waals surface area contributed by atoms with Crippen molar-refractivity contribution in [3.05, 3.63) is 70.1 Å². The molecule has 0 saturated heterocycles. The molecule has 2 aromatic carbocycles. The van der Waals surface area contributed by atoms with Crippen LogP contribution >= 0.6 is 0 Å². The van der Waals surface area contributed by atoms with Gasteiger partial charge in [-0.25, -0.2) is 4.79 Å². The van der Waals surface area contributed by atoms with Gasteiger partial charge in [0, 0.05) is 23.6 Å². The van der Waals surface area contributed by atoms with Gasteiger partial charge in [-0.1, -0.05) is 36.4 Å². The highest BCUT2D eigenvalue weighted by Crippen LogP contribution is 2.33. The number of pyridine rings is 1. The van der Waals surface area contributed by atoms with Crippen molar-refractivity contribution in [1.82, 2.24) is 4.57 Å². The summed E-state index contributed by atoms with van der Waals surface area (Å²) in [6, 6.07) is 14.8. The summed E-state index contributed by atoms with van der Waals surface area (Å²) in [6.07, 6.45) is -5.21. The summed E-state index contributed by atoms with van der Waals surface area (Å²) in [7, 11) is 1.46. The second-order valence-electron chi connectivity index (χ2n) is 6.82. The maximum atomic E-state index is 12.7. The quantitative estimate of drug-likeness (QED) is 0.523. The standard InChI is InChI=1S/C21H16F3N3O3/c1-20(26,30-19(29)21(22,23)24)13-8-9-14-15(10-13)17(12-6-4-3-5-7-12)16(11-25)27(2)18(14)28/h3-10H,26H2,1-2H3. The predicted octanol–water partition coefficient (Wildman–Crippen LogP) is 3.31. The van der Waals surface area contributed by atoms with Gasteiger partial charge in [-0.2, -0.15) is 18.4 Å². The molecule has 2 N–H and O–H groups in total. The average Bonchev–Trinajstić information content (AvgIpc) is 2.69. The summed E-state index contributed by atoms with van der Waals surface area (Å²) in [5, 5.41) is 10.2. The normalized spacial score (nSPS) is 13.5. The first-order valence-electron chi connectivity index (χ1n) is 8.69. The van der Waals surface area contributed by atoms with Gasteiger partial charge in [0.15, 0.2) is 5.72 Å². The number of ether oxygens (including phenoxy) is 1. The van der Waals surface area contributed by atoms with Crippen LogP contribution in [-0.4, -0.2) is 16.7 Å². The molecule has 0 saturated carbocycles. The largest absolute Gasteiger partial charge is 0.491 e. The van der Waals surface area contributed by atoms with Crippen molar-refractivity contribution in [1.29, 1.82) is 5.26 Å². The molecule has 1 unspecified atom stereocenters. The number of nitriles is 1. The molecule has 1 atom stereocenters. The van der Waals surface area contributed by atoms with E-state index in [1.165, 1.54) is 29.8 Å². The fourth-order valence-electron chi connectivity index (χ4n) is 3.16. The van der Waals surface area contributed by atoms with Crippen LogP contribution in [-0.2, 0) is 22.3 Å². The average molecular weight is 415 g/mol. The Morgan fingerprint density at radius 1 is 1.13 bits per heavy atom. The van der Waals surface area contributed by atoms with Crippen LogP contribution in [0.4, 0.5) is 13.2 Å². The highest BCUT2D eigenvalue weighted by Gasteiger charge is 2.44. The first-order valence-corrected chi connectivity index (χ1v) is 8.69. The molecule has 154 valence electrons. The van der Waals surface area contributed by atoms with E-state index in [0.29, 0.717) is 16.5 Å². The van der Waals surface area contributed by atoms with Crippen molar-refractivity contribution in [3.63, 3.8) is 0 Å². The Bertz CT molecular complexity index is 1240. The van der Waals surface area contributed by atoms with Crippen LogP contribution in [0.2, 0.25) is 0 Å². The Balaban J connectivity index is 2.30. The van der Waals surface area contributed by atoms with Gasteiger partial charge in [0.05, 0.1) is 0 Å². The topological polar surface area (TPSA) is 98.1 Å². The minimum Gasteiger partial charge on any atom is -0.433 e. The number of rotatable bonds is 3. The molecule has 0 aliphatic rings. The van der Waals surface area contributed by atoms with Crippen molar-refractivity contribution in [2.75, 3.05) is 0 Å². The van der Waals surface area contributed by atoms with E-state index in [1.807, 2.05) is 6.07 Å². The number of carbonyl (C=O) groups excluding carboxylic acids is 1. The smallest absolute Gasteiger partial charge is 0.433 e. The molecule has 6 nitrogen and oxygen atoms in total. The predicted molar refractivity (Wildman–Crippen MR) is 103 cm³/mol. The lowest BCUT2D eigenvalue weighted by Gasteiger charge is -2.26. The fourth-order valence-corrected chi connectivity index (χ4v) is 3.16. The van der Waals surface area contributed by atoms with Crippen LogP contribution in [0.1, 0.15) is 18.2 Å². The van der Waals surface area contributed by atoms with Gasteiger partial charge in [-0.15, -0.1) is 0 Å². The van der Waals surface area contributed by atoms with Gasteiger partial charge in [0.2, 0.25) is 0 Å². The van der Waals surface area contributed by atoms with E-state index in [4.69, 9.17) is 5.73 Å². The molecule has 0 spiro atoms. The summed E-state index contributed by atoms with van der Waals surface area (Å²) in [5.41, 5.74) is 4.42. The lowest BCUT2D eigenvalue weighted by molar-refractivity contribution is -0.213. The number of nitrogens with zero attached hydrogens (tertiary/aromatic N) is 2. The van der Waals surface area contributed by atoms with Crippen LogP contribution in [0.15, 0.2) is 53.3 Å². The van der Waals surface area contributed by atoms with Crippen molar-refractivity contribution < 1.29 is 22.7 Å². The summed E-state index contributed by atoms with van der Waals surface area (Å²) in [4.78, 5) is 24.0. The number of benzene rings is 2. The summed E-state index contributed by atoms with van der Waals surface area (Å²) >= 11 is 0. The minimum atomic E-state index is -5.21. The van der Waals surface area contributed by atoms with Crippen molar-refractivity contribution in [2.24, 2.45) is 12.8 Å². The van der Waals surface area contributed by atoms with E-state index in [0.717, 1.165) is 6.92 Å². The Morgan fingerprint density at radius 2 is 1.77 bits per heavy atom. The monoisotopic (exact) mass is 415 g/mol. The molecule has 1 heterocycles. The Kier molecular flexibility index (Phi) is 5.14. The van der Waals surface area contributed by atoms with Crippen LogP contribution < -0.4 is 11.3 Å². The molecular formula is C21H16F3N3O3. The highest BCUT2D eigenvalue weighted by atomic mass is 19.4. The van der Waals surface area contributed by atoms with Gasteiger partial charge in [0.25, 0.3) is 5.56 Å². The van der Waals surface area contributed by atoms with Crippen LogP contribution in [0.5, 0.6) is 0 Å². The number of alkyl halides is 3. The summed E-state index contributed by atoms with van der Waals surface area (Å²) < 4.78 is 43.5. The van der Waals surface area contributed by atoms with E-state index in [9.17, 15) is 28.0 Å². The molecule has 0 fully saturated rings. The molecule has 1 aromatic heterocycles. The molecule has 0 radical (unpaired) electrons. The number of nitrogens with two attached hydrogens (primary N) is 1. The molecule has 3 rings (SSSR count). The molecule has 0 amide bonds. The van der Waals surface area contributed by atoms with Gasteiger partial charge in [-0.05, 0) is 30.0 Å². The minimum absolute atomic E-state index is 0.0296. The third kappa shape index (κ3) is 3.65. The molecular weight excluding hydrogens is 399 g/mol. The second-order valence-corrected chi connectivity index (χ2v) is 6.82. The van der Waals surface area contributed by atoms with Gasteiger partial charge in [0.1, 0.15) is 11.8 Å². The first kappa shape index (κ1) is 21.1. The lowest BCUT2D eigenvalue weighted by Crippen LogP contribution is -2.42. The van der Waals surface area contributed by atoms with Crippen LogP contribution in [0.25, 0.3) is 21.9 Å². The Hall–Kier alpha value is -3.64. The number of esters is 1. The molecule has 3 aromatic rings. The third-order valence-corrected chi connectivity index (χ3v) is 4.67. The Morgan fingerprint density at radius 3 is 2.33 bits per heavy atom.